The van der Waals surface area contributed by atoms with Crippen molar-refractivity contribution in [3.05, 3.63) is 75.6 Å². The van der Waals surface area contributed by atoms with Gasteiger partial charge in [0.25, 0.3) is 11.1 Å². The molecule has 0 atom stereocenters. The van der Waals surface area contributed by atoms with Crippen LogP contribution in [0.15, 0.2) is 70.0 Å². The molecule has 0 spiro atoms. The van der Waals surface area contributed by atoms with Crippen molar-refractivity contribution in [1.82, 2.24) is 4.90 Å². The average molecular weight is 509 g/mol. The van der Waals surface area contributed by atoms with Crippen molar-refractivity contribution in [1.29, 1.82) is 5.26 Å². The number of ether oxygens (including phenoxy) is 2. The molecule has 160 valence electrons. The van der Waals surface area contributed by atoms with Crippen molar-refractivity contribution in [3.8, 4) is 17.6 Å². The zero-order chi connectivity index (χ0) is 22.5. The van der Waals surface area contributed by atoms with Gasteiger partial charge in [-0.1, -0.05) is 52.3 Å². The van der Waals surface area contributed by atoms with Crippen LogP contribution in [0, 0.1) is 11.3 Å². The van der Waals surface area contributed by atoms with Gasteiger partial charge in [-0.15, -0.1) is 0 Å². The molecule has 32 heavy (non-hydrogen) atoms. The first-order valence-corrected chi connectivity index (χ1v) is 11.3. The van der Waals surface area contributed by atoms with E-state index < -0.39 is 0 Å². The molecule has 6 nitrogen and oxygen atoms in total. The number of hydrogen-bond donors (Lipinski definition) is 0. The topological polar surface area (TPSA) is 79.6 Å². The van der Waals surface area contributed by atoms with Gasteiger partial charge in [-0.3, -0.25) is 14.5 Å². The Bertz CT molecular complexity index is 1260. The van der Waals surface area contributed by atoms with Crippen LogP contribution in [0.1, 0.15) is 5.56 Å². The monoisotopic (exact) mass is 508 g/mol. The third-order valence-electron chi connectivity index (χ3n) is 4.75. The lowest BCUT2D eigenvalue weighted by atomic mass is 10.1. The quantitative estimate of drug-likeness (QED) is 0.385. The van der Waals surface area contributed by atoms with Gasteiger partial charge >= 0.3 is 0 Å². The molecular weight excluding hydrogens is 492 g/mol. The second kappa shape index (κ2) is 9.90. The van der Waals surface area contributed by atoms with Crippen molar-refractivity contribution < 1.29 is 19.1 Å². The van der Waals surface area contributed by atoms with Crippen LogP contribution in [-0.4, -0.2) is 35.8 Å². The molecule has 0 saturated carbocycles. The molecule has 0 N–H and O–H groups in total. The number of nitrogens with zero attached hydrogens (tertiary/aromatic N) is 2. The van der Waals surface area contributed by atoms with Crippen LogP contribution in [0.4, 0.5) is 4.79 Å². The third-order valence-corrected chi connectivity index (χ3v) is 6.15. The van der Waals surface area contributed by atoms with Crippen LogP contribution in [-0.2, 0) is 4.79 Å². The van der Waals surface area contributed by atoms with E-state index in [1.807, 2.05) is 48.5 Å². The fraction of sp³-hybridized carbons (Fsp3) is 0.125. The lowest BCUT2D eigenvalue weighted by Gasteiger charge is -2.14. The standard InChI is InChI=1S/C24H17BrN2O4S/c25-18-8-9-20(30-12-10-26)17(14-18)15-22-23(28)27(24(29)32-22)11-13-31-21-7-3-5-16-4-1-2-6-19(16)21/h1-9,14-15H,11-13H2/b22-15-. The van der Waals surface area contributed by atoms with Gasteiger partial charge in [0.05, 0.1) is 11.4 Å². The summed E-state index contributed by atoms with van der Waals surface area (Å²) in [7, 11) is 0. The predicted octanol–water partition coefficient (Wildman–Crippen LogP) is 5.62. The largest absolute Gasteiger partial charge is 0.491 e. The van der Waals surface area contributed by atoms with E-state index >= 15 is 0 Å². The predicted molar refractivity (Wildman–Crippen MR) is 127 cm³/mol. The number of hydrogen-bond acceptors (Lipinski definition) is 6. The highest BCUT2D eigenvalue weighted by Crippen LogP contribution is 2.35. The van der Waals surface area contributed by atoms with Gasteiger partial charge in [-0.05, 0) is 47.5 Å². The molecule has 3 aromatic carbocycles. The van der Waals surface area contributed by atoms with Crippen LogP contribution in [0.3, 0.4) is 0 Å². The fourth-order valence-corrected chi connectivity index (χ4v) is 4.51. The van der Waals surface area contributed by atoms with Crippen LogP contribution >= 0.6 is 27.7 Å². The maximum atomic E-state index is 12.8. The number of amides is 2. The number of carbonyl (C=O) groups is 2. The Kier molecular flexibility index (Phi) is 6.78. The SMILES string of the molecule is N#CCOc1ccc(Br)cc1/C=C1\SC(=O)N(CCOc2cccc3ccccc23)C1=O. The molecule has 3 aromatic rings. The molecule has 4 rings (SSSR count). The van der Waals surface area contributed by atoms with Gasteiger partial charge in [0.2, 0.25) is 0 Å². The lowest BCUT2D eigenvalue weighted by molar-refractivity contribution is -0.123. The van der Waals surface area contributed by atoms with Crippen LogP contribution < -0.4 is 9.47 Å². The van der Waals surface area contributed by atoms with E-state index in [2.05, 4.69) is 15.9 Å². The molecular formula is C24H17BrN2O4S. The minimum absolute atomic E-state index is 0.116. The van der Waals surface area contributed by atoms with E-state index in [0.29, 0.717) is 22.0 Å². The molecule has 1 heterocycles. The molecule has 0 bridgehead atoms. The van der Waals surface area contributed by atoms with E-state index in [4.69, 9.17) is 14.7 Å². The summed E-state index contributed by atoms with van der Waals surface area (Å²) >= 11 is 4.26. The Labute approximate surface area is 197 Å². The van der Waals surface area contributed by atoms with Crippen LogP contribution in [0.5, 0.6) is 11.5 Å². The van der Waals surface area contributed by atoms with Gasteiger partial charge in [-0.25, -0.2) is 0 Å². The Morgan fingerprint density at radius 2 is 1.84 bits per heavy atom. The highest BCUT2D eigenvalue weighted by Gasteiger charge is 2.35. The first-order valence-electron chi connectivity index (χ1n) is 9.72. The van der Waals surface area contributed by atoms with Crippen LogP contribution in [0.2, 0.25) is 0 Å². The normalized spacial score (nSPS) is 14.8. The molecule has 2 amide bonds. The first-order chi connectivity index (χ1) is 15.6. The molecule has 0 radical (unpaired) electrons. The first kappa shape index (κ1) is 21.9. The molecule has 1 fully saturated rings. The highest BCUT2D eigenvalue weighted by molar-refractivity contribution is 9.10. The van der Waals surface area contributed by atoms with Gasteiger partial charge in [0, 0.05) is 15.4 Å². The fourth-order valence-electron chi connectivity index (χ4n) is 3.28. The maximum absolute atomic E-state index is 12.8. The van der Waals surface area contributed by atoms with Crippen molar-refractivity contribution in [2.75, 3.05) is 19.8 Å². The number of carbonyl (C=O) groups excluding carboxylic acids is 2. The second-order valence-electron chi connectivity index (χ2n) is 6.79. The summed E-state index contributed by atoms with van der Waals surface area (Å²) in [5.41, 5.74) is 0.604. The lowest BCUT2D eigenvalue weighted by Crippen LogP contribution is -2.32. The summed E-state index contributed by atoms with van der Waals surface area (Å²) in [6.07, 6.45) is 1.61. The van der Waals surface area contributed by atoms with Crippen molar-refractivity contribution in [2.45, 2.75) is 0 Å². The second-order valence-corrected chi connectivity index (χ2v) is 8.70. The van der Waals surface area contributed by atoms with E-state index in [1.165, 1.54) is 4.90 Å². The summed E-state index contributed by atoms with van der Waals surface area (Å²) in [4.78, 5) is 26.8. The van der Waals surface area contributed by atoms with E-state index in [0.717, 1.165) is 27.0 Å². The van der Waals surface area contributed by atoms with Crippen LogP contribution in [0.25, 0.3) is 16.8 Å². The number of nitriles is 1. The summed E-state index contributed by atoms with van der Waals surface area (Å²) in [5, 5.41) is 10.5. The number of rotatable bonds is 7. The number of thioether (sulfide) groups is 1. The molecule has 1 saturated heterocycles. The van der Waals surface area contributed by atoms with E-state index in [-0.39, 0.29) is 30.9 Å². The van der Waals surface area contributed by atoms with E-state index in [9.17, 15) is 9.59 Å². The molecule has 0 aliphatic carbocycles. The maximum Gasteiger partial charge on any atom is 0.293 e. The van der Waals surface area contributed by atoms with E-state index in [1.54, 1.807) is 24.3 Å². The Morgan fingerprint density at radius 3 is 2.69 bits per heavy atom. The van der Waals surface area contributed by atoms with Crippen molar-refractivity contribution in [3.63, 3.8) is 0 Å². The summed E-state index contributed by atoms with van der Waals surface area (Å²) < 4.78 is 12.1. The molecule has 1 aliphatic heterocycles. The molecule has 1 aliphatic rings. The Morgan fingerprint density at radius 1 is 1.03 bits per heavy atom. The minimum atomic E-state index is -0.382. The highest BCUT2D eigenvalue weighted by atomic mass is 79.9. The number of fused-ring (bicyclic) bond motifs is 1. The molecule has 0 unspecified atom stereocenters. The molecule has 8 heteroatoms. The number of halogens is 1. The Balaban J connectivity index is 1.46. The Hall–Kier alpha value is -3.28. The van der Waals surface area contributed by atoms with Crippen molar-refractivity contribution >= 4 is 55.7 Å². The average Bonchev–Trinajstić information content (AvgIpc) is 3.06. The zero-order valence-corrected chi connectivity index (χ0v) is 19.2. The zero-order valence-electron chi connectivity index (χ0n) is 16.8. The smallest absolute Gasteiger partial charge is 0.293 e. The van der Waals surface area contributed by atoms with Gasteiger partial charge in [0.15, 0.2) is 6.61 Å². The number of benzene rings is 3. The van der Waals surface area contributed by atoms with Crippen molar-refractivity contribution in [2.24, 2.45) is 0 Å². The summed E-state index contributed by atoms with van der Waals surface area (Å²) in [6.45, 7) is 0.212. The number of imide groups is 1. The van der Waals surface area contributed by atoms with Gasteiger partial charge in [-0.2, -0.15) is 5.26 Å². The third kappa shape index (κ3) is 4.79. The minimum Gasteiger partial charge on any atom is -0.491 e. The summed E-state index contributed by atoms with van der Waals surface area (Å²) in [6, 6.07) is 20.8. The van der Waals surface area contributed by atoms with Gasteiger partial charge < -0.3 is 9.47 Å². The van der Waals surface area contributed by atoms with Gasteiger partial charge in [0.1, 0.15) is 24.2 Å². The summed E-state index contributed by atoms with van der Waals surface area (Å²) in [5.74, 6) is 0.785. The molecule has 0 aromatic heterocycles.